The first-order valence-corrected chi connectivity index (χ1v) is 7.31. The van der Waals surface area contributed by atoms with Crippen LogP contribution >= 0.6 is 0 Å². The summed E-state index contributed by atoms with van der Waals surface area (Å²) in [5, 5.41) is 22.0. The number of hydrogen-bond donors (Lipinski definition) is 1. The van der Waals surface area contributed by atoms with Crippen molar-refractivity contribution in [3.8, 4) is 0 Å². The fraction of sp³-hybridized carbons (Fsp3) is 0.500. The van der Waals surface area contributed by atoms with Gasteiger partial charge in [-0.1, -0.05) is 0 Å². The first kappa shape index (κ1) is 16.7. The highest BCUT2D eigenvalue weighted by atomic mass is 16.6. The lowest BCUT2D eigenvalue weighted by molar-refractivity contribution is -0.386. The summed E-state index contributed by atoms with van der Waals surface area (Å²) in [5.74, 6) is -0.255. The first-order valence-electron chi connectivity index (χ1n) is 7.31. The predicted molar refractivity (Wildman–Crippen MR) is 82.8 cm³/mol. The van der Waals surface area contributed by atoms with Crippen LogP contribution in [0, 0.1) is 30.9 Å². The van der Waals surface area contributed by atoms with Crippen molar-refractivity contribution in [1.82, 2.24) is 24.9 Å². The van der Waals surface area contributed by atoms with Crippen LogP contribution in [0.4, 0.5) is 5.69 Å². The van der Waals surface area contributed by atoms with Crippen molar-refractivity contribution in [2.45, 2.75) is 47.3 Å². The summed E-state index contributed by atoms with van der Waals surface area (Å²) >= 11 is 0. The number of carbonyl (C=O) groups excluding carboxylic acids is 1. The SMILES string of the molecule is CCn1ncc(CNC(=O)Cn2nc(C)c([N+](=O)[O-])c2C)c1C. The fourth-order valence-corrected chi connectivity index (χ4v) is 2.47. The number of amides is 1. The Hall–Kier alpha value is -2.71. The second-order valence-corrected chi connectivity index (χ2v) is 5.28. The molecule has 0 fully saturated rings. The summed E-state index contributed by atoms with van der Waals surface area (Å²) in [4.78, 5) is 22.5. The zero-order valence-electron chi connectivity index (χ0n) is 13.7. The van der Waals surface area contributed by atoms with Gasteiger partial charge in [-0.3, -0.25) is 24.3 Å². The Bertz CT molecular complexity index is 746. The number of hydrogen-bond acceptors (Lipinski definition) is 5. The molecular weight excluding hydrogens is 300 g/mol. The maximum absolute atomic E-state index is 12.0. The quantitative estimate of drug-likeness (QED) is 0.636. The molecule has 2 aromatic heterocycles. The lowest BCUT2D eigenvalue weighted by Gasteiger charge is -2.06. The number of rotatable bonds is 6. The van der Waals surface area contributed by atoms with Gasteiger partial charge in [0.1, 0.15) is 17.9 Å². The molecule has 23 heavy (non-hydrogen) atoms. The monoisotopic (exact) mass is 320 g/mol. The number of carbonyl (C=O) groups is 1. The summed E-state index contributed by atoms with van der Waals surface area (Å²) in [7, 11) is 0. The Morgan fingerprint density at radius 1 is 1.30 bits per heavy atom. The zero-order chi connectivity index (χ0) is 17.1. The van der Waals surface area contributed by atoms with Crippen LogP contribution in [-0.4, -0.2) is 30.4 Å². The van der Waals surface area contributed by atoms with Crippen molar-refractivity contribution >= 4 is 11.6 Å². The molecule has 0 aromatic carbocycles. The van der Waals surface area contributed by atoms with E-state index in [9.17, 15) is 14.9 Å². The molecule has 0 aliphatic heterocycles. The zero-order valence-corrected chi connectivity index (χ0v) is 13.7. The van der Waals surface area contributed by atoms with E-state index in [0.29, 0.717) is 17.9 Å². The van der Waals surface area contributed by atoms with Gasteiger partial charge < -0.3 is 5.32 Å². The van der Waals surface area contributed by atoms with E-state index in [0.717, 1.165) is 17.8 Å². The van der Waals surface area contributed by atoms with Gasteiger partial charge in [-0.05, 0) is 27.7 Å². The largest absolute Gasteiger partial charge is 0.350 e. The maximum atomic E-state index is 12.0. The van der Waals surface area contributed by atoms with Gasteiger partial charge in [0.15, 0.2) is 0 Å². The molecule has 1 N–H and O–H groups in total. The van der Waals surface area contributed by atoms with Crippen LogP contribution in [0.2, 0.25) is 0 Å². The molecule has 1 amide bonds. The van der Waals surface area contributed by atoms with Crippen LogP contribution in [0.15, 0.2) is 6.20 Å². The highest BCUT2D eigenvalue weighted by Crippen LogP contribution is 2.21. The molecular formula is C14H20N6O3. The van der Waals surface area contributed by atoms with Gasteiger partial charge in [0.2, 0.25) is 5.91 Å². The van der Waals surface area contributed by atoms with Crippen LogP contribution < -0.4 is 5.32 Å². The summed E-state index contributed by atoms with van der Waals surface area (Å²) in [6.45, 7) is 8.17. The van der Waals surface area contributed by atoms with Crippen molar-refractivity contribution in [2.24, 2.45) is 0 Å². The van der Waals surface area contributed by atoms with Crippen LogP contribution in [0.3, 0.4) is 0 Å². The molecule has 0 radical (unpaired) electrons. The highest BCUT2D eigenvalue weighted by molar-refractivity contribution is 5.75. The van der Waals surface area contributed by atoms with Crippen LogP contribution in [0.5, 0.6) is 0 Å². The maximum Gasteiger partial charge on any atom is 0.312 e. The lowest BCUT2D eigenvalue weighted by atomic mass is 10.2. The normalized spacial score (nSPS) is 10.8. The Kier molecular flexibility index (Phi) is 4.77. The van der Waals surface area contributed by atoms with E-state index in [2.05, 4.69) is 15.5 Å². The Morgan fingerprint density at radius 3 is 2.52 bits per heavy atom. The van der Waals surface area contributed by atoms with Gasteiger partial charge in [-0.2, -0.15) is 10.2 Å². The number of aromatic nitrogens is 4. The highest BCUT2D eigenvalue weighted by Gasteiger charge is 2.22. The minimum atomic E-state index is -0.478. The van der Waals surface area contributed by atoms with E-state index in [1.54, 1.807) is 20.0 Å². The Labute approximate surface area is 133 Å². The Morgan fingerprint density at radius 2 is 2.00 bits per heavy atom. The predicted octanol–water partition coefficient (Wildman–Crippen LogP) is 1.25. The first-order chi connectivity index (χ1) is 10.8. The Balaban J connectivity index is 2.01. The molecule has 9 heteroatoms. The number of nitrogens with one attached hydrogen (secondary N) is 1. The summed E-state index contributed by atoms with van der Waals surface area (Å²) in [5.41, 5.74) is 2.59. The van der Waals surface area contributed by atoms with Crippen molar-refractivity contribution < 1.29 is 9.72 Å². The number of aryl methyl sites for hydroxylation is 2. The fourth-order valence-electron chi connectivity index (χ4n) is 2.47. The molecule has 124 valence electrons. The molecule has 0 spiro atoms. The minimum Gasteiger partial charge on any atom is -0.350 e. The molecule has 0 aliphatic rings. The average Bonchev–Trinajstić information content (AvgIpc) is 2.97. The van der Waals surface area contributed by atoms with Crippen LogP contribution in [0.25, 0.3) is 0 Å². The average molecular weight is 320 g/mol. The molecule has 0 bridgehead atoms. The third kappa shape index (κ3) is 3.38. The van der Waals surface area contributed by atoms with E-state index >= 15 is 0 Å². The van der Waals surface area contributed by atoms with Crippen molar-refractivity contribution in [3.63, 3.8) is 0 Å². The molecule has 2 rings (SSSR count). The summed E-state index contributed by atoms with van der Waals surface area (Å²) in [6, 6.07) is 0. The van der Waals surface area contributed by atoms with E-state index in [1.807, 2.05) is 18.5 Å². The molecule has 0 unspecified atom stereocenters. The van der Waals surface area contributed by atoms with Crippen molar-refractivity contribution in [1.29, 1.82) is 0 Å². The third-order valence-corrected chi connectivity index (χ3v) is 3.80. The number of nitro groups is 1. The molecule has 0 aliphatic carbocycles. The van der Waals surface area contributed by atoms with Gasteiger partial charge in [0.25, 0.3) is 0 Å². The molecule has 0 atom stereocenters. The van der Waals surface area contributed by atoms with Crippen molar-refractivity contribution in [2.75, 3.05) is 0 Å². The third-order valence-electron chi connectivity index (χ3n) is 3.80. The second-order valence-electron chi connectivity index (χ2n) is 5.28. The standard InChI is InChI=1S/C14H20N6O3/c1-5-18-10(3)12(7-16-18)6-15-13(21)8-19-11(4)14(20(22)23)9(2)17-19/h7H,5-6,8H2,1-4H3,(H,15,21). The number of nitrogens with zero attached hydrogens (tertiary/aromatic N) is 5. The summed E-state index contributed by atoms with van der Waals surface area (Å²) in [6.07, 6.45) is 1.73. The minimum absolute atomic E-state index is 0.0436. The lowest BCUT2D eigenvalue weighted by Crippen LogP contribution is -2.28. The van der Waals surface area contributed by atoms with Crippen molar-refractivity contribution in [3.05, 3.63) is 39.0 Å². The second kappa shape index (κ2) is 6.59. The van der Waals surface area contributed by atoms with E-state index in [1.165, 1.54) is 4.68 Å². The van der Waals surface area contributed by atoms with Gasteiger partial charge in [0.05, 0.1) is 11.1 Å². The molecule has 2 aromatic rings. The molecule has 0 saturated carbocycles. The van der Waals surface area contributed by atoms with E-state index < -0.39 is 4.92 Å². The van der Waals surface area contributed by atoms with E-state index in [-0.39, 0.29) is 18.1 Å². The van der Waals surface area contributed by atoms with Gasteiger partial charge in [-0.15, -0.1) is 0 Å². The topological polar surface area (TPSA) is 108 Å². The van der Waals surface area contributed by atoms with Gasteiger partial charge >= 0.3 is 5.69 Å². The summed E-state index contributed by atoms with van der Waals surface area (Å²) < 4.78 is 3.21. The van der Waals surface area contributed by atoms with Crippen LogP contribution in [0.1, 0.15) is 29.6 Å². The smallest absolute Gasteiger partial charge is 0.312 e. The van der Waals surface area contributed by atoms with Gasteiger partial charge in [0, 0.05) is 24.3 Å². The van der Waals surface area contributed by atoms with Gasteiger partial charge in [-0.25, -0.2) is 0 Å². The molecule has 0 saturated heterocycles. The van der Waals surface area contributed by atoms with Crippen LogP contribution in [-0.2, 0) is 24.4 Å². The molecule has 9 nitrogen and oxygen atoms in total. The van der Waals surface area contributed by atoms with E-state index in [4.69, 9.17) is 0 Å². The molecule has 2 heterocycles.